The maximum atomic E-state index is 4.14. The van der Waals surface area contributed by atoms with Crippen LogP contribution in [-0.2, 0) is 0 Å². The Balaban J connectivity index is 2.40. The fourth-order valence-electron chi connectivity index (χ4n) is 1.12. The minimum atomic E-state index is 0.690. The van der Waals surface area contributed by atoms with E-state index in [4.69, 9.17) is 0 Å². The standard InChI is InChI=1S/C10H8BrN3/c11-5-2-1-4-9-8-13-10-12-6-3-7-14(9)10/h3,6-8H,2,5H2. The van der Waals surface area contributed by atoms with Gasteiger partial charge < -0.3 is 0 Å². The Kier molecular flexibility index (Phi) is 2.80. The van der Waals surface area contributed by atoms with Gasteiger partial charge in [-0.05, 0) is 12.0 Å². The fourth-order valence-corrected chi connectivity index (χ4v) is 1.32. The molecular weight excluding hydrogens is 242 g/mol. The highest BCUT2D eigenvalue weighted by molar-refractivity contribution is 9.09. The zero-order valence-corrected chi connectivity index (χ0v) is 9.03. The van der Waals surface area contributed by atoms with Gasteiger partial charge in [-0.15, -0.1) is 0 Å². The predicted molar refractivity (Wildman–Crippen MR) is 58.3 cm³/mol. The summed E-state index contributed by atoms with van der Waals surface area (Å²) in [5, 5.41) is 0.898. The zero-order valence-electron chi connectivity index (χ0n) is 7.44. The lowest BCUT2D eigenvalue weighted by molar-refractivity contribution is 1.09. The van der Waals surface area contributed by atoms with Crippen LogP contribution in [0.3, 0.4) is 0 Å². The fraction of sp³-hybridized carbons (Fsp3) is 0.200. The van der Waals surface area contributed by atoms with Crippen LogP contribution in [0.4, 0.5) is 0 Å². The monoisotopic (exact) mass is 249 g/mol. The second kappa shape index (κ2) is 4.25. The molecule has 0 aliphatic carbocycles. The average Bonchev–Trinajstić information content (AvgIpc) is 2.63. The summed E-state index contributed by atoms with van der Waals surface area (Å²) in [5.74, 6) is 6.78. The van der Waals surface area contributed by atoms with Crippen molar-refractivity contribution >= 4 is 21.7 Å². The Labute approximate surface area is 90.3 Å². The maximum absolute atomic E-state index is 4.14. The summed E-state index contributed by atoms with van der Waals surface area (Å²) in [4.78, 5) is 8.24. The SMILES string of the molecule is BrCCC#Cc1cnc2ncccn12. The first-order valence-electron chi connectivity index (χ1n) is 4.25. The highest BCUT2D eigenvalue weighted by atomic mass is 79.9. The van der Waals surface area contributed by atoms with Crippen LogP contribution in [-0.4, -0.2) is 19.7 Å². The zero-order chi connectivity index (χ0) is 9.80. The van der Waals surface area contributed by atoms with Crippen molar-refractivity contribution in [3.05, 3.63) is 30.4 Å². The van der Waals surface area contributed by atoms with Crippen molar-refractivity contribution in [3.63, 3.8) is 0 Å². The topological polar surface area (TPSA) is 30.2 Å². The van der Waals surface area contributed by atoms with Gasteiger partial charge in [-0.25, -0.2) is 9.97 Å². The molecule has 0 spiro atoms. The van der Waals surface area contributed by atoms with Gasteiger partial charge in [0.2, 0.25) is 5.78 Å². The first-order chi connectivity index (χ1) is 6.92. The molecule has 0 amide bonds. The minimum absolute atomic E-state index is 0.690. The van der Waals surface area contributed by atoms with E-state index in [0.717, 1.165) is 17.4 Å². The van der Waals surface area contributed by atoms with E-state index in [1.54, 1.807) is 12.4 Å². The van der Waals surface area contributed by atoms with Crippen LogP contribution in [0.5, 0.6) is 0 Å². The molecule has 4 heteroatoms. The summed E-state index contributed by atoms with van der Waals surface area (Å²) in [6, 6.07) is 1.87. The van der Waals surface area contributed by atoms with Gasteiger partial charge in [0.1, 0.15) is 5.69 Å². The van der Waals surface area contributed by atoms with E-state index in [9.17, 15) is 0 Å². The van der Waals surface area contributed by atoms with Crippen LogP contribution in [0.15, 0.2) is 24.7 Å². The first kappa shape index (κ1) is 9.22. The lowest BCUT2D eigenvalue weighted by Crippen LogP contribution is -1.88. The lowest BCUT2D eigenvalue weighted by Gasteiger charge is -1.91. The van der Waals surface area contributed by atoms with Crippen molar-refractivity contribution < 1.29 is 0 Å². The molecule has 0 fully saturated rings. The van der Waals surface area contributed by atoms with Gasteiger partial charge in [-0.1, -0.05) is 21.9 Å². The molecule has 0 atom stereocenters. The van der Waals surface area contributed by atoms with E-state index >= 15 is 0 Å². The molecular formula is C10H8BrN3. The lowest BCUT2D eigenvalue weighted by atomic mass is 10.4. The van der Waals surface area contributed by atoms with Crippen LogP contribution < -0.4 is 0 Å². The van der Waals surface area contributed by atoms with Crippen molar-refractivity contribution in [2.24, 2.45) is 0 Å². The molecule has 2 aromatic rings. The van der Waals surface area contributed by atoms with Gasteiger partial charge in [0.05, 0.1) is 6.20 Å². The van der Waals surface area contributed by atoms with E-state index in [-0.39, 0.29) is 0 Å². The Morgan fingerprint density at radius 3 is 3.21 bits per heavy atom. The normalized spacial score (nSPS) is 9.79. The van der Waals surface area contributed by atoms with Crippen molar-refractivity contribution in [1.82, 2.24) is 14.4 Å². The van der Waals surface area contributed by atoms with Crippen LogP contribution in [0.2, 0.25) is 0 Å². The molecule has 0 unspecified atom stereocenters. The van der Waals surface area contributed by atoms with Crippen LogP contribution in [0.25, 0.3) is 5.78 Å². The van der Waals surface area contributed by atoms with Gasteiger partial charge in [-0.3, -0.25) is 4.40 Å². The number of rotatable bonds is 1. The van der Waals surface area contributed by atoms with E-state index < -0.39 is 0 Å². The molecule has 2 heterocycles. The molecule has 3 nitrogen and oxygen atoms in total. The first-order valence-corrected chi connectivity index (χ1v) is 5.37. The molecule has 0 N–H and O–H groups in total. The summed E-state index contributed by atoms with van der Waals surface area (Å²) < 4.78 is 1.88. The number of alkyl halides is 1. The number of hydrogen-bond donors (Lipinski definition) is 0. The summed E-state index contributed by atoms with van der Waals surface area (Å²) in [5.41, 5.74) is 0.883. The molecule has 0 bridgehead atoms. The van der Waals surface area contributed by atoms with Gasteiger partial charge >= 0.3 is 0 Å². The largest absolute Gasteiger partial charge is 0.277 e. The molecule has 2 aromatic heterocycles. The van der Waals surface area contributed by atoms with Gasteiger partial charge in [0.15, 0.2) is 0 Å². The highest BCUT2D eigenvalue weighted by Crippen LogP contribution is 2.01. The Bertz CT molecular complexity index is 493. The molecule has 0 aromatic carbocycles. The van der Waals surface area contributed by atoms with Gasteiger partial charge in [-0.2, -0.15) is 0 Å². The molecule has 70 valence electrons. The number of imidazole rings is 1. The minimum Gasteiger partial charge on any atom is -0.277 e. The molecule has 0 aliphatic rings. The molecule has 0 aliphatic heterocycles. The number of hydrogen-bond acceptors (Lipinski definition) is 2. The second-order valence-electron chi connectivity index (χ2n) is 2.67. The molecule has 14 heavy (non-hydrogen) atoms. The predicted octanol–water partition coefficient (Wildman–Crippen LogP) is 1.87. The van der Waals surface area contributed by atoms with E-state index in [0.29, 0.717) is 5.78 Å². The second-order valence-corrected chi connectivity index (χ2v) is 3.47. The number of nitrogens with zero attached hydrogens (tertiary/aromatic N) is 3. The van der Waals surface area contributed by atoms with Gasteiger partial charge in [0, 0.05) is 24.1 Å². The van der Waals surface area contributed by atoms with Crippen molar-refractivity contribution in [3.8, 4) is 11.8 Å². The molecule has 0 saturated carbocycles. The summed E-state index contributed by atoms with van der Waals surface area (Å²) in [6.45, 7) is 0. The van der Waals surface area contributed by atoms with Crippen molar-refractivity contribution in [2.45, 2.75) is 6.42 Å². The molecule has 0 saturated heterocycles. The van der Waals surface area contributed by atoms with E-state index in [1.807, 2.05) is 16.7 Å². The third-order valence-electron chi connectivity index (χ3n) is 1.72. The number of halogens is 1. The third-order valence-corrected chi connectivity index (χ3v) is 2.12. The quantitative estimate of drug-likeness (QED) is 0.571. The Morgan fingerprint density at radius 2 is 2.36 bits per heavy atom. The van der Waals surface area contributed by atoms with Crippen LogP contribution in [0, 0.1) is 11.8 Å². The van der Waals surface area contributed by atoms with Crippen LogP contribution >= 0.6 is 15.9 Å². The molecule has 2 rings (SSSR count). The summed E-state index contributed by atoms with van der Waals surface area (Å²) in [7, 11) is 0. The number of fused-ring (bicyclic) bond motifs is 1. The van der Waals surface area contributed by atoms with Gasteiger partial charge in [0.25, 0.3) is 0 Å². The number of aromatic nitrogens is 3. The average molecular weight is 250 g/mol. The van der Waals surface area contributed by atoms with E-state index in [2.05, 4.69) is 37.7 Å². The van der Waals surface area contributed by atoms with Crippen molar-refractivity contribution in [1.29, 1.82) is 0 Å². The maximum Gasteiger partial charge on any atom is 0.234 e. The molecule has 0 radical (unpaired) electrons. The highest BCUT2D eigenvalue weighted by Gasteiger charge is 1.98. The smallest absolute Gasteiger partial charge is 0.234 e. The Morgan fingerprint density at radius 1 is 1.43 bits per heavy atom. The Hall–Kier alpha value is -1.34. The summed E-state index contributed by atoms with van der Waals surface area (Å²) >= 11 is 3.33. The van der Waals surface area contributed by atoms with Crippen molar-refractivity contribution in [2.75, 3.05) is 5.33 Å². The van der Waals surface area contributed by atoms with Crippen LogP contribution in [0.1, 0.15) is 12.1 Å². The summed E-state index contributed by atoms with van der Waals surface area (Å²) in [6.07, 6.45) is 6.21. The van der Waals surface area contributed by atoms with E-state index in [1.165, 1.54) is 0 Å². The third kappa shape index (κ3) is 1.78.